The lowest BCUT2D eigenvalue weighted by molar-refractivity contribution is 0.210. The highest BCUT2D eigenvalue weighted by Gasteiger charge is 2.16. The van der Waals surface area contributed by atoms with Gasteiger partial charge in [0.15, 0.2) is 0 Å². The first-order chi connectivity index (χ1) is 9.85. The standard InChI is InChI=1S/C16H21N3O/c17-9-10-19-11-16(18-12-19)13-5-7-15(8-6-13)20-14-3-1-2-4-14/h5-8,11-12,14H,1-4,9-10,17H2. The van der Waals surface area contributed by atoms with Crippen LogP contribution in [-0.2, 0) is 6.54 Å². The van der Waals surface area contributed by atoms with Gasteiger partial charge in [-0.3, -0.25) is 0 Å². The largest absolute Gasteiger partial charge is 0.490 e. The molecule has 1 heterocycles. The topological polar surface area (TPSA) is 53.1 Å². The Morgan fingerprint density at radius 1 is 1.20 bits per heavy atom. The van der Waals surface area contributed by atoms with Gasteiger partial charge in [0.25, 0.3) is 0 Å². The first-order valence-electron chi connectivity index (χ1n) is 7.34. The first kappa shape index (κ1) is 13.2. The van der Waals surface area contributed by atoms with Gasteiger partial charge in [0.05, 0.1) is 18.1 Å². The Hall–Kier alpha value is -1.81. The molecule has 4 heteroatoms. The molecule has 20 heavy (non-hydrogen) atoms. The highest BCUT2D eigenvalue weighted by molar-refractivity contribution is 5.59. The molecule has 3 rings (SSSR count). The van der Waals surface area contributed by atoms with Crippen molar-refractivity contribution in [3.63, 3.8) is 0 Å². The average Bonchev–Trinajstić information content (AvgIpc) is 3.12. The molecule has 4 nitrogen and oxygen atoms in total. The fourth-order valence-electron chi connectivity index (χ4n) is 2.68. The molecule has 0 saturated heterocycles. The van der Waals surface area contributed by atoms with Crippen molar-refractivity contribution in [2.75, 3.05) is 6.54 Å². The van der Waals surface area contributed by atoms with Crippen molar-refractivity contribution >= 4 is 0 Å². The molecule has 0 atom stereocenters. The predicted molar refractivity (Wildman–Crippen MR) is 79.6 cm³/mol. The van der Waals surface area contributed by atoms with Crippen LogP contribution in [0.4, 0.5) is 0 Å². The van der Waals surface area contributed by atoms with Crippen LogP contribution in [0.2, 0.25) is 0 Å². The molecule has 106 valence electrons. The Kier molecular flexibility index (Phi) is 4.02. The molecule has 0 unspecified atom stereocenters. The highest BCUT2D eigenvalue weighted by Crippen LogP contribution is 2.26. The fraction of sp³-hybridized carbons (Fsp3) is 0.438. The number of rotatable bonds is 5. The van der Waals surface area contributed by atoms with Gasteiger partial charge in [-0.05, 0) is 49.9 Å². The second-order valence-corrected chi connectivity index (χ2v) is 5.33. The summed E-state index contributed by atoms with van der Waals surface area (Å²) in [4.78, 5) is 4.40. The molecule has 1 aliphatic carbocycles. The van der Waals surface area contributed by atoms with Crippen LogP contribution in [0.25, 0.3) is 11.3 Å². The molecule has 0 bridgehead atoms. The van der Waals surface area contributed by atoms with Gasteiger partial charge in [-0.15, -0.1) is 0 Å². The molecule has 2 N–H and O–H groups in total. The van der Waals surface area contributed by atoms with E-state index in [-0.39, 0.29) is 0 Å². The summed E-state index contributed by atoms with van der Waals surface area (Å²) in [5.41, 5.74) is 7.63. The third-order valence-corrected chi connectivity index (χ3v) is 3.78. The molecule has 0 spiro atoms. The van der Waals surface area contributed by atoms with E-state index in [1.54, 1.807) is 0 Å². The van der Waals surface area contributed by atoms with Gasteiger partial charge in [0.2, 0.25) is 0 Å². The van der Waals surface area contributed by atoms with Crippen molar-refractivity contribution < 1.29 is 4.74 Å². The zero-order chi connectivity index (χ0) is 13.8. The maximum absolute atomic E-state index is 5.97. The van der Waals surface area contributed by atoms with E-state index >= 15 is 0 Å². The minimum absolute atomic E-state index is 0.407. The SMILES string of the molecule is NCCn1cnc(-c2ccc(OC3CCCC3)cc2)c1. The maximum atomic E-state index is 5.97. The minimum atomic E-state index is 0.407. The van der Waals surface area contributed by atoms with Gasteiger partial charge < -0.3 is 15.0 Å². The van der Waals surface area contributed by atoms with Gasteiger partial charge in [0, 0.05) is 24.8 Å². The van der Waals surface area contributed by atoms with E-state index in [0.29, 0.717) is 12.6 Å². The zero-order valence-electron chi connectivity index (χ0n) is 11.7. The monoisotopic (exact) mass is 271 g/mol. The molecule has 1 aromatic carbocycles. The van der Waals surface area contributed by atoms with Gasteiger partial charge in [-0.25, -0.2) is 4.98 Å². The van der Waals surface area contributed by atoms with Crippen molar-refractivity contribution in [3.8, 4) is 17.0 Å². The van der Waals surface area contributed by atoms with Crippen LogP contribution < -0.4 is 10.5 Å². The smallest absolute Gasteiger partial charge is 0.119 e. The highest BCUT2D eigenvalue weighted by atomic mass is 16.5. The third kappa shape index (κ3) is 3.02. The summed E-state index contributed by atoms with van der Waals surface area (Å²) in [7, 11) is 0. The van der Waals surface area contributed by atoms with Crippen LogP contribution in [0, 0.1) is 0 Å². The normalized spacial score (nSPS) is 15.7. The van der Waals surface area contributed by atoms with Crippen molar-refractivity contribution in [2.45, 2.75) is 38.3 Å². The summed E-state index contributed by atoms with van der Waals surface area (Å²) in [6.07, 6.45) is 9.22. The Morgan fingerprint density at radius 2 is 1.95 bits per heavy atom. The van der Waals surface area contributed by atoms with Crippen molar-refractivity contribution in [2.24, 2.45) is 5.73 Å². The summed E-state index contributed by atoms with van der Waals surface area (Å²) in [5.74, 6) is 0.960. The number of aromatic nitrogens is 2. The first-order valence-corrected chi connectivity index (χ1v) is 7.34. The number of imidazole rings is 1. The molecule has 1 saturated carbocycles. The number of benzene rings is 1. The second kappa shape index (κ2) is 6.09. The van der Waals surface area contributed by atoms with Crippen LogP contribution in [0.1, 0.15) is 25.7 Å². The van der Waals surface area contributed by atoms with E-state index < -0.39 is 0 Å². The lowest BCUT2D eigenvalue weighted by atomic mass is 10.1. The van der Waals surface area contributed by atoms with E-state index in [4.69, 9.17) is 10.5 Å². The van der Waals surface area contributed by atoms with E-state index in [0.717, 1.165) is 23.6 Å². The molecular weight excluding hydrogens is 250 g/mol. The summed E-state index contributed by atoms with van der Waals surface area (Å²) in [5, 5.41) is 0. The van der Waals surface area contributed by atoms with Crippen molar-refractivity contribution in [1.82, 2.24) is 9.55 Å². The summed E-state index contributed by atoms with van der Waals surface area (Å²) < 4.78 is 7.98. The molecule has 0 aliphatic heterocycles. The average molecular weight is 271 g/mol. The molecule has 1 fully saturated rings. The van der Waals surface area contributed by atoms with Crippen LogP contribution >= 0.6 is 0 Å². The molecule has 1 aromatic heterocycles. The van der Waals surface area contributed by atoms with Gasteiger partial charge in [-0.1, -0.05) is 0 Å². The van der Waals surface area contributed by atoms with Crippen molar-refractivity contribution in [3.05, 3.63) is 36.8 Å². The second-order valence-electron chi connectivity index (χ2n) is 5.33. The Morgan fingerprint density at radius 3 is 2.65 bits per heavy atom. The third-order valence-electron chi connectivity index (χ3n) is 3.78. The Bertz CT molecular complexity index is 541. The minimum Gasteiger partial charge on any atom is -0.490 e. The quantitative estimate of drug-likeness (QED) is 0.909. The molecule has 1 aliphatic rings. The number of hydrogen-bond acceptors (Lipinski definition) is 3. The predicted octanol–water partition coefficient (Wildman–Crippen LogP) is 2.83. The van der Waals surface area contributed by atoms with Crippen LogP contribution in [0.5, 0.6) is 5.75 Å². The lowest BCUT2D eigenvalue weighted by Crippen LogP contribution is -2.10. The Balaban J connectivity index is 1.68. The van der Waals surface area contributed by atoms with E-state index in [9.17, 15) is 0 Å². The fourth-order valence-corrected chi connectivity index (χ4v) is 2.68. The zero-order valence-corrected chi connectivity index (χ0v) is 11.7. The maximum Gasteiger partial charge on any atom is 0.119 e. The van der Waals surface area contributed by atoms with Gasteiger partial charge >= 0.3 is 0 Å². The number of nitrogens with two attached hydrogens (primary N) is 1. The molecule has 2 aromatic rings. The van der Waals surface area contributed by atoms with E-state index in [1.807, 2.05) is 29.2 Å². The summed E-state index contributed by atoms with van der Waals surface area (Å²) in [6, 6.07) is 8.21. The van der Waals surface area contributed by atoms with Crippen LogP contribution in [-0.4, -0.2) is 22.2 Å². The molecule has 0 radical (unpaired) electrons. The van der Waals surface area contributed by atoms with Crippen LogP contribution in [0.3, 0.4) is 0 Å². The molecular formula is C16H21N3O. The lowest BCUT2D eigenvalue weighted by Gasteiger charge is -2.12. The number of nitrogens with zero attached hydrogens (tertiary/aromatic N) is 2. The number of ether oxygens (including phenoxy) is 1. The number of hydrogen-bond donors (Lipinski definition) is 1. The van der Waals surface area contributed by atoms with Gasteiger partial charge in [0.1, 0.15) is 5.75 Å². The summed E-state index contributed by atoms with van der Waals surface area (Å²) in [6.45, 7) is 1.43. The van der Waals surface area contributed by atoms with Gasteiger partial charge in [-0.2, -0.15) is 0 Å². The van der Waals surface area contributed by atoms with E-state index in [2.05, 4.69) is 17.1 Å². The van der Waals surface area contributed by atoms with Crippen molar-refractivity contribution in [1.29, 1.82) is 0 Å². The molecule has 0 amide bonds. The van der Waals surface area contributed by atoms with Crippen LogP contribution in [0.15, 0.2) is 36.8 Å². The summed E-state index contributed by atoms with van der Waals surface area (Å²) >= 11 is 0. The van der Waals surface area contributed by atoms with E-state index in [1.165, 1.54) is 25.7 Å². The Labute approximate surface area is 119 Å².